The molecule has 0 aliphatic carbocycles. The van der Waals surface area contributed by atoms with Crippen molar-refractivity contribution in [2.75, 3.05) is 31.2 Å². The SMILES string of the molecule is Clc1ccc(COc2ccc(C=Nc3ccc(N4CCOCC4)cc3)cc2I)c(Cl)c1. The second-order valence-corrected chi connectivity index (χ2v) is 9.09. The molecule has 1 heterocycles. The Hall–Kier alpha value is -1.80. The molecule has 1 aliphatic heterocycles. The highest BCUT2D eigenvalue weighted by molar-refractivity contribution is 14.1. The van der Waals surface area contributed by atoms with Gasteiger partial charge >= 0.3 is 0 Å². The zero-order valence-corrected chi connectivity index (χ0v) is 20.4. The molecule has 4 rings (SSSR count). The molecule has 0 amide bonds. The van der Waals surface area contributed by atoms with Crippen LogP contribution in [0.4, 0.5) is 11.4 Å². The van der Waals surface area contributed by atoms with Crippen LogP contribution in [0.1, 0.15) is 11.1 Å². The number of hydrogen-bond acceptors (Lipinski definition) is 4. The fourth-order valence-electron chi connectivity index (χ4n) is 3.23. The minimum Gasteiger partial charge on any atom is -0.488 e. The summed E-state index contributed by atoms with van der Waals surface area (Å²) in [5.74, 6) is 0.804. The molecule has 0 N–H and O–H groups in total. The lowest BCUT2D eigenvalue weighted by Gasteiger charge is -2.28. The fraction of sp³-hybridized carbons (Fsp3) is 0.208. The third kappa shape index (κ3) is 6.13. The van der Waals surface area contributed by atoms with Crippen LogP contribution in [-0.4, -0.2) is 32.5 Å². The second-order valence-electron chi connectivity index (χ2n) is 7.09. The molecule has 4 nitrogen and oxygen atoms in total. The van der Waals surface area contributed by atoms with Crippen molar-refractivity contribution in [2.45, 2.75) is 6.61 Å². The highest BCUT2D eigenvalue weighted by atomic mass is 127. The van der Waals surface area contributed by atoms with E-state index in [2.05, 4.69) is 44.6 Å². The average molecular weight is 567 g/mol. The van der Waals surface area contributed by atoms with Gasteiger partial charge in [0, 0.05) is 40.6 Å². The van der Waals surface area contributed by atoms with Crippen LogP contribution in [0.3, 0.4) is 0 Å². The van der Waals surface area contributed by atoms with Crippen LogP contribution < -0.4 is 9.64 Å². The molecular formula is C24H21Cl2IN2O2. The molecule has 0 aromatic heterocycles. The summed E-state index contributed by atoms with van der Waals surface area (Å²) in [6.45, 7) is 3.81. The molecule has 0 spiro atoms. The van der Waals surface area contributed by atoms with Gasteiger partial charge in [0.1, 0.15) is 12.4 Å². The van der Waals surface area contributed by atoms with Crippen LogP contribution in [-0.2, 0) is 11.3 Å². The summed E-state index contributed by atoms with van der Waals surface area (Å²) in [5, 5.41) is 1.22. The normalized spacial score (nSPS) is 14.2. The van der Waals surface area contributed by atoms with Crippen molar-refractivity contribution in [3.63, 3.8) is 0 Å². The van der Waals surface area contributed by atoms with Gasteiger partial charge in [-0.1, -0.05) is 29.3 Å². The van der Waals surface area contributed by atoms with Crippen LogP contribution in [0.25, 0.3) is 0 Å². The van der Waals surface area contributed by atoms with Crippen molar-refractivity contribution in [1.82, 2.24) is 0 Å². The first-order valence-electron chi connectivity index (χ1n) is 9.91. The standard InChI is InChI=1S/C24H21Cl2IN2O2/c25-19-3-2-18(22(26)14-19)16-31-24-8-1-17(13-23(24)27)15-28-20-4-6-21(7-5-20)29-9-11-30-12-10-29/h1-8,13-15H,9-12,16H2. The number of rotatable bonds is 6. The van der Waals surface area contributed by atoms with Crippen LogP contribution in [0, 0.1) is 3.57 Å². The number of hydrogen-bond donors (Lipinski definition) is 0. The minimum absolute atomic E-state index is 0.384. The summed E-state index contributed by atoms with van der Waals surface area (Å²) in [7, 11) is 0. The molecule has 0 radical (unpaired) electrons. The van der Waals surface area contributed by atoms with Gasteiger partial charge in [-0.25, -0.2) is 0 Å². The molecule has 160 valence electrons. The van der Waals surface area contributed by atoms with Gasteiger partial charge in [0.15, 0.2) is 0 Å². The van der Waals surface area contributed by atoms with Crippen molar-refractivity contribution in [3.8, 4) is 5.75 Å². The predicted octanol–water partition coefficient (Wildman–Crippen LogP) is 6.76. The quantitative estimate of drug-likeness (QED) is 0.244. The first kappa shape index (κ1) is 22.4. The number of aliphatic imine (C=N–C) groups is 1. The molecule has 0 atom stereocenters. The summed E-state index contributed by atoms with van der Waals surface area (Å²) in [5.41, 5.74) is 4.04. The van der Waals surface area contributed by atoms with E-state index < -0.39 is 0 Å². The lowest BCUT2D eigenvalue weighted by atomic mass is 10.2. The summed E-state index contributed by atoms with van der Waals surface area (Å²) < 4.78 is 12.4. The van der Waals surface area contributed by atoms with Crippen molar-refractivity contribution in [3.05, 3.63) is 85.4 Å². The molecule has 1 saturated heterocycles. The number of anilines is 1. The number of ether oxygens (including phenoxy) is 2. The number of halogens is 3. The maximum Gasteiger partial charge on any atom is 0.133 e. The molecule has 1 aliphatic rings. The van der Waals surface area contributed by atoms with E-state index in [0.29, 0.717) is 16.7 Å². The Morgan fingerprint density at radius 3 is 2.48 bits per heavy atom. The van der Waals surface area contributed by atoms with E-state index in [1.807, 2.05) is 48.7 Å². The maximum atomic E-state index is 6.22. The molecule has 0 saturated carbocycles. The summed E-state index contributed by atoms with van der Waals surface area (Å²) in [6.07, 6.45) is 1.87. The average Bonchev–Trinajstić information content (AvgIpc) is 2.79. The molecule has 3 aromatic rings. The van der Waals surface area contributed by atoms with Crippen molar-refractivity contribution in [2.24, 2.45) is 4.99 Å². The third-order valence-corrected chi connectivity index (χ3v) is 6.37. The van der Waals surface area contributed by atoms with Crippen molar-refractivity contribution < 1.29 is 9.47 Å². The zero-order valence-electron chi connectivity index (χ0n) is 16.7. The Balaban J connectivity index is 1.37. The van der Waals surface area contributed by atoms with E-state index >= 15 is 0 Å². The minimum atomic E-state index is 0.384. The van der Waals surface area contributed by atoms with E-state index in [1.165, 1.54) is 5.69 Å². The molecule has 0 unspecified atom stereocenters. The van der Waals surface area contributed by atoms with Gasteiger partial charge in [-0.3, -0.25) is 4.99 Å². The molecule has 7 heteroatoms. The third-order valence-electron chi connectivity index (χ3n) is 4.94. The van der Waals surface area contributed by atoms with Crippen LogP contribution >= 0.6 is 45.8 Å². The van der Waals surface area contributed by atoms with Gasteiger partial charge in [0.2, 0.25) is 0 Å². The Kier molecular flexibility index (Phi) is 7.72. The van der Waals surface area contributed by atoms with Gasteiger partial charge in [0.25, 0.3) is 0 Å². The van der Waals surface area contributed by atoms with E-state index in [9.17, 15) is 0 Å². The van der Waals surface area contributed by atoms with E-state index in [-0.39, 0.29) is 0 Å². The van der Waals surface area contributed by atoms with Gasteiger partial charge in [0.05, 0.1) is 22.5 Å². The highest BCUT2D eigenvalue weighted by Gasteiger charge is 2.10. The highest BCUT2D eigenvalue weighted by Crippen LogP contribution is 2.26. The lowest BCUT2D eigenvalue weighted by Crippen LogP contribution is -2.36. The Labute approximate surface area is 205 Å². The smallest absolute Gasteiger partial charge is 0.133 e. The van der Waals surface area contributed by atoms with Crippen LogP contribution in [0.5, 0.6) is 5.75 Å². The molecule has 1 fully saturated rings. The summed E-state index contributed by atoms with van der Waals surface area (Å²) >= 11 is 14.4. The maximum absolute atomic E-state index is 6.22. The van der Waals surface area contributed by atoms with Crippen LogP contribution in [0.15, 0.2) is 65.7 Å². The van der Waals surface area contributed by atoms with Gasteiger partial charge in [-0.15, -0.1) is 0 Å². The first-order valence-corrected chi connectivity index (χ1v) is 11.7. The van der Waals surface area contributed by atoms with E-state index in [4.69, 9.17) is 32.7 Å². The molecule has 31 heavy (non-hydrogen) atoms. The number of nitrogens with zero attached hydrogens (tertiary/aromatic N) is 2. The van der Waals surface area contributed by atoms with E-state index in [0.717, 1.165) is 52.4 Å². The van der Waals surface area contributed by atoms with E-state index in [1.54, 1.807) is 6.07 Å². The van der Waals surface area contributed by atoms with Crippen LogP contribution in [0.2, 0.25) is 10.0 Å². The number of morpholine rings is 1. The topological polar surface area (TPSA) is 34.1 Å². The Morgan fingerprint density at radius 1 is 1.00 bits per heavy atom. The summed E-state index contributed by atoms with van der Waals surface area (Å²) in [4.78, 5) is 6.93. The largest absolute Gasteiger partial charge is 0.488 e. The lowest BCUT2D eigenvalue weighted by molar-refractivity contribution is 0.122. The molecule has 0 bridgehead atoms. The Bertz CT molecular complexity index is 1070. The number of benzene rings is 3. The van der Waals surface area contributed by atoms with Crippen molar-refractivity contribution in [1.29, 1.82) is 0 Å². The van der Waals surface area contributed by atoms with Gasteiger partial charge in [-0.05, 0) is 82.8 Å². The second kappa shape index (κ2) is 10.7. The van der Waals surface area contributed by atoms with Gasteiger partial charge < -0.3 is 14.4 Å². The monoisotopic (exact) mass is 566 g/mol. The summed E-state index contributed by atoms with van der Waals surface area (Å²) in [6, 6.07) is 19.7. The predicted molar refractivity (Wildman–Crippen MR) is 137 cm³/mol. The van der Waals surface area contributed by atoms with Gasteiger partial charge in [-0.2, -0.15) is 0 Å². The van der Waals surface area contributed by atoms with Crippen molar-refractivity contribution >= 4 is 63.4 Å². The molecule has 3 aromatic carbocycles. The fourth-order valence-corrected chi connectivity index (χ4v) is 4.39. The zero-order chi connectivity index (χ0) is 21.6. The first-order chi connectivity index (χ1) is 15.1. The Morgan fingerprint density at radius 2 is 1.77 bits per heavy atom. The molecular weight excluding hydrogens is 546 g/mol.